The predicted molar refractivity (Wildman–Crippen MR) is 45.4 cm³/mol. The molecule has 1 aliphatic carbocycles. The summed E-state index contributed by atoms with van der Waals surface area (Å²) in [5, 5.41) is 6.12. The molecule has 2 aliphatic rings. The van der Waals surface area contributed by atoms with Gasteiger partial charge in [0.15, 0.2) is 0 Å². The molecule has 0 aromatic rings. The van der Waals surface area contributed by atoms with E-state index >= 15 is 0 Å². The van der Waals surface area contributed by atoms with Crippen LogP contribution in [0.5, 0.6) is 0 Å². The minimum atomic E-state index is 0.0700. The first-order valence-corrected chi connectivity index (χ1v) is 5.13. The van der Waals surface area contributed by atoms with E-state index in [1.54, 1.807) is 11.8 Å². The van der Waals surface area contributed by atoms with E-state index < -0.39 is 0 Å². The number of amides is 1. The van der Waals surface area contributed by atoms with Gasteiger partial charge in [-0.25, -0.2) is 0 Å². The van der Waals surface area contributed by atoms with Crippen molar-refractivity contribution in [1.29, 1.82) is 0 Å². The second-order valence-electron chi connectivity index (χ2n) is 3.05. The number of hydrogen-bond acceptors (Lipinski definition) is 3. The van der Waals surface area contributed by atoms with E-state index in [4.69, 9.17) is 0 Å². The standard InChI is InChI=1S/C7H12N2OS/c10-7(9-5-1-2-5)6-3-11-4-8-6/h5-6,8H,1-4H2,(H,9,10). The lowest BCUT2D eigenvalue weighted by Crippen LogP contribution is -2.42. The van der Waals surface area contributed by atoms with Crippen LogP contribution in [0.1, 0.15) is 12.8 Å². The lowest BCUT2D eigenvalue weighted by Gasteiger charge is -2.08. The molecule has 11 heavy (non-hydrogen) atoms. The van der Waals surface area contributed by atoms with Crippen molar-refractivity contribution >= 4 is 17.7 Å². The Morgan fingerprint density at radius 2 is 2.36 bits per heavy atom. The monoisotopic (exact) mass is 172 g/mol. The summed E-state index contributed by atoms with van der Waals surface area (Å²) in [5.74, 6) is 2.04. The Labute approximate surface area is 70.3 Å². The summed E-state index contributed by atoms with van der Waals surface area (Å²) < 4.78 is 0. The quantitative estimate of drug-likeness (QED) is 0.612. The molecule has 1 unspecified atom stereocenters. The first-order chi connectivity index (χ1) is 5.36. The third kappa shape index (κ3) is 1.87. The minimum absolute atomic E-state index is 0.0700. The largest absolute Gasteiger partial charge is 0.352 e. The highest BCUT2D eigenvalue weighted by Gasteiger charge is 2.28. The highest BCUT2D eigenvalue weighted by molar-refractivity contribution is 7.99. The van der Waals surface area contributed by atoms with Gasteiger partial charge in [0.05, 0.1) is 6.04 Å². The first kappa shape index (κ1) is 7.43. The summed E-state index contributed by atoms with van der Waals surface area (Å²) in [5.41, 5.74) is 0. The Morgan fingerprint density at radius 1 is 1.55 bits per heavy atom. The molecular weight excluding hydrogens is 160 g/mol. The Balaban J connectivity index is 1.77. The molecule has 4 heteroatoms. The molecule has 1 saturated carbocycles. The molecular formula is C7H12N2OS. The number of carbonyl (C=O) groups is 1. The second-order valence-corrected chi connectivity index (χ2v) is 4.08. The minimum Gasteiger partial charge on any atom is -0.352 e. The molecule has 0 spiro atoms. The third-order valence-electron chi connectivity index (χ3n) is 1.96. The highest BCUT2D eigenvalue weighted by Crippen LogP contribution is 2.19. The molecule has 0 aromatic carbocycles. The molecule has 1 saturated heterocycles. The molecule has 3 nitrogen and oxygen atoms in total. The van der Waals surface area contributed by atoms with Crippen molar-refractivity contribution in [3.8, 4) is 0 Å². The van der Waals surface area contributed by atoms with Crippen molar-refractivity contribution in [2.24, 2.45) is 0 Å². The van der Waals surface area contributed by atoms with Crippen molar-refractivity contribution in [2.75, 3.05) is 11.6 Å². The van der Waals surface area contributed by atoms with Crippen LogP contribution in [-0.2, 0) is 4.79 Å². The van der Waals surface area contributed by atoms with Crippen LogP contribution in [0.25, 0.3) is 0 Å². The predicted octanol–water partition coefficient (Wildman–Crippen LogP) is -0.0725. The van der Waals surface area contributed by atoms with Crippen molar-refractivity contribution < 1.29 is 4.79 Å². The van der Waals surface area contributed by atoms with Crippen LogP contribution in [0.4, 0.5) is 0 Å². The molecule has 0 bridgehead atoms. The van der Waals surface area contributed by atoms with Crippen LogP contribution in [0.2, 0.25) is 0 Å². The van der Waals surface area contributed by atoms with Crippen LogP contribution in [0, 0.1) is 0 Å². The lowest BCUT2D eigenvalue weighted by atomic mass is 10.3. The first-order valence-electron chi connectivity index (χ1n) is 3.98. The van der Waals surface area contributed by atoms with Gasteiger partial charge < -0.3 is 5.32 Å². The van der Waals surface area contributed by atoms with E-state index in [0.29, 0.717) is 6.04 Å². The fourth-order valence-electron chi connectivity index (χ4n) is 1.09. The normalized spacial score (nSPS) is 30.4. The highest BCUT2D eigenvalue weighted by atomic mass is 32.2. The molecule has 1 atom stereocenters. The SMILES string of the molecule is O=C(NC1CC1)C1CSCN1. The van der Waals surface area contributed by atoms with E-state index in [-0.39, 0.29) is 11.9 Å². The maximum absolute atomic E-state index is 11.3. The van der Waals surface area contributed by atoms with Crippen molar-refractivity contribution in [3.63, 3.8) is 0 Å². The Morgan fingerprint density at radius 3 is 2.91 bits per heavy atom. The summed E-state index contributed by atoms with van der Waals surface area (Å²) in [7, 11) is 0. The van der Waals surface area contributed by atoms with Gasteiger partial charge >= 0.3 is 0 Å². The smallest absolute Gasteiger partial charge is 0.238 e. The summed E-state index contributed by atoms with van der Waals surface area (Å²) in [6.45, 7) is 0. The molecule has 2 rings (SSSR count). The van der Waals surface area contributed by atoms with Crippen LogP contribution in [0.15, 0.2) is 0 Å². The fraction of sp³-hybridized carbons (Fsp3) is 0.857. The van der Waals surface area contributed by atoms with Crippen LogP contribution in [0.3, 0.4) is 0 Å². The fourth-order valence-corrected chi connectivity index (χ4v) is 2.03. The maximum atomic E-state index is 11.3. The van der Waals surface area contributed by atoms with Crippen molar-refractivity contribution in [2.45, 2.75) is 24.9 Å². The Hall–Kier alpha value is -0.220. The average molecular weight is 172 g/mol. The molecule has 1 amide bonds. The van der Waals surface area contributed by atoms with Gasteiger partial charge in [-0.15, -0.1) is 11.8 Å². The van der Waals surface area contributed by atoms with Crippen molar-refractivity contribution in [1.82, 2.24) is 10.6 Å². The van der Waals surface area contributed by atoms with E-state index in [0.717, 1.165) is 11.6 Å². The van der Waals surface area contributed by atoms with Gasteiger partial charge in [-0.05, 0) is 12.8 Å². The lowest BCUT2D eigenvalue weighted by molar-refractivity contribution is -0.122. The van der Waals surface area contributed by atoms with Crippen LogP contribution < -0.4 is 10.6 Å². The number of carbonyl (C=O) groups excluding carboxylic acids is 1. The van der Waals surface area contributed by atoms with Crippen molar-refractivity contribution in [3.05, 3.63) is 0 Å². The average Bonchev–Trinajstić information content (AvgIpc) is 2.67. The van der Waals surface area contributed by atoms with Gasteiger partial charge in [0.2, 0.25) is 5.91 Å². The molecule has 62 valence electrons. The maximum Gasteiger partial charge on any atom is 0.238 e. The zero-order valence-electron chi connectivity index (χ0n) is 6.30. The van der Waals surface area contributed by atoms with Gasteiger partial charge in [0.1, 0.15) is 0 Å². The van der Waals surface area contributed by atoms with Gasteiger partial charge in [0.25, 0.3) is 0 Å². The van der Waals surface area contributed by atoms with E-state index in [1.807, 2.05) is 0 Å². The zero-order valence-corrected chi connectivity index (χ0v) is 7.12. The van der Waals surface area contributed by atoms with Crippen LogP contribution >= 0.6 is 11.8 Å². The third-order valence-corrected chi connectivity index (χ3v) is 2.90. The molecule has 1 aliphatic heterocycles. The topological polar surface area (TPSA) is 41.1 Å². The summed E-state index contributed by atoms with van der Waals surface area (Å²) in [4.78, 5) is 11.3. The second kappa shape index (κ2) is 3.03. The number of thioether (sulfide) groups is 1. The summed E-state index contributed by atoms with van der Waals surface area (Å²) >= 11 is 1.79. The number of hydrogen-bond donors (Lipinski definition) is 2. The van der Waals surface area contributed by atoms with E-state index in [2.05, 4.69) is 10.6 Å². The number of rotatable bonds is 2. The Bertz CT molecular complexity index is 164. The molecule has 2 fully saturated rings. The Kier molecular flexibility index (Phi) is 2.05. The zero-order chi connectivity index (χ0) is 7.68. The van der Waals surface area contributed by atoms with Gasteiger partial charge in [-0.2, -0.15) is 0 Å². The summed E-state index contributed by atoms with van der Waals surface area (Å²) in [6.07, 6.45) is 2.34. The molecule has 0 radical (unpaired) electrons. The van der Waals surface area contributed by atoms with Gasteiger partial charge in [0, 0.05) is 17.7 Å². The van der Waals surface area contributed by atoms with Gasteiger partial charge in [-0.1, -0.05) is 0 Å². The van der Waals surface area contributed by atoms with E-state index in [9.17, 15) is 4.79 Å². The molecule has 1 heterocycles. The summed E-state index contributed by atoms with van der Waals surface area (Å²) in [6, 6.07) is 0.565. The van der Waals surface area contributed by atoms with E-state index in [1.165, 1.54) is 12.8 Å². The molecule has 0 aromatic heterocycles. The molecule has 2 N–H and O–H groups in total. The van der Waals surface area contributed by atoms with Gasteiger partial charge in [-0.3, -0.25) is 10.1 Å². The van der Waals surface area contributed by atoms with Crippen LogP contribution in [-0.4, -0.2) is 29.6 Å². The number of nitrogens with one attached hydrogen (secondary N) is 2.